The van der Waals surface area contributed by atoms with E-state index < -0.39 is 0 Å². The second kappa shape index (κ2) is 5.32. The van der Waals surface area contributed by atoms with Gasteiger partial charge in [-0.2, -0.15) is 0 Å². The van der Waals surface area contributed by atoms with Gasteiger partial charge in [-0.05, 0) is 0 Å². The number of nitrogens with zero attached hydrogens (tertiary/aromatic N) is 1. The molecular formula is C10H13IN-. The summed E-state index contributed by atoms with van der Waals surface area (Å²) in [5.41, 5.74) is 0. The molecule has 0 amide bonds. The molecule has 1 rings (SSSR count). The maximum absolute atomic E-state index is 2.27. The van der Waals surface area contributed by atoms with Gasteiger partial charge in [0.2, 0.25) is 0 Å². The molecule has 0 aromatic carbocycles. The Hall–Kier alpha value is -0.350. The Labute approximate surface area is 84.8 Å². The van der Waals surface area contributed by atoms with Crippen molar-refractivity contribution in [2.75, 3.05) is 14.1 Å². The zero-order valence-electron chi connectivity index (χ0n) is 7.37. The van der Waals surface area contributed by atoms with Gasteiger partial charge in [-0.25, -0.2) is 0 Å². The molecule has 2 heteroatoms. The van der Waals surface area contributed by atoms with E-state index in [-0.39, 0.29) is 21.5 Å². The van der Waals surface area contributed by atoms with E-state index in [0.717, 1.165) is 0 Å². The summed E-state index contributed by atoms with van der Waals surface area (Å²) in [4.78, 5) is 0. The Balaban J connectivity index is 2.62. The van der Waals surface area contributed by atoms with Crippen molar-refractivity contribution < 1.29 is 21.5 Å². The SMILES string of the molecule is CN(C)[I-]C1=CC=CC=CC=C1. The summed E-state index contributed by atoms with van der Waals surface area (Å²) in [7, 11) is 4.25. The molecule has 0 aliphatic heterocycles. The van der Waals surface area contributed by atoms with Crippen LogP contribution in [-0.4, -0.2) is 17.2 Å². The average molecular weight is 274 g/mol. The molecule has 0 aromatic heterocycles. The van der Waals surface area contributed by atoms with Crippen LogP contribution in [0.3, 0.4) is 0 Å². The Kier molecular flexibility index (Phi) is 4.32. The van der Waals surface area contributed by atoms with Crippen molar-refractivity contribution in [1.29, 1.82) is 0 Å². The van der Waals surface area contributed by atoms with Gasteiger partial charge >= 0.3 is 84.8 Å². The molecule has 0 radical (unpaired) electrons. The third-order valence-corrected chi connectivity index (χ3v) is 3.46. The fourth-order valence-corrected chi connectivity index (χ4v) is 2.65. The van der Waals surface area contributed by atoms with Crippen LogP contribution in [0.15, 0.2) is 46.1 Å². The van der Waals surface area contributed by atoms with Crippen molar-refractivity contribution >= 4 is 0 Å². The molecule has 0 spiro atoms. The van der Waals surface area contributed by atoms with E-state index in [4.69, 9.17) is 0 Å². The first kappa shape index (κ1) is 9.74. The number of allylic oxidation sites excluding steroid dienone is 8. The van der Waals surface area contributed by atoms with Crippen LogP contribution >= 0.6 is 0 Å². The monoisotopic (exact) mass is 274 g/mol. The zero-order valence-corrected chi connectivity index (χ0v) is 9.52. The van der Waals surface area contributed by atoms with Crippen LogP contribution < -0.4 is 21.5 Å². The topological polar surface area (TPSA) is 3.24 Å². The number of hydrogen-bond acceptors (Lipinski definition) is 1. The van der Waals surface area contributed by atoms with Gasteiger partial charge in [0.25, 0.3) is 0 Å². The van der Waals surface area contributed by atoms with Gasteiger partial charge in [-0.3, -0.25) is 0 Å². The van der Waals surface area contributed by atoms with Crippen LogP contribution in [0.4, 0.5) is 0 Å². The van der Waals surface area contributed by atoms with Gasteiger partial charge in [-0.1, -0.05) is 0 Å². The first-order chi connectivity index (χ1) is 5.79. The first-order valence-corrected chi connectivity index (χ1v) is 5.87. The summed E-state index contributed by atoms with van der Waals surface area (Å²) in [5.74, 6) is 0. The second-order valence-electron chi connectivity index (χ2n) is 2.55. The molecule has 0 atom stereocenters. The predicted molar refractivity (Wildman–Crippen MR) is 49.2 cm³/mol. The standard InChI is InChI=1S/C10H13IN/c1-12(2)11-10-8-6-4-3-5-7-9-10/h3-9H,1-2H3/q-1. The van der Waals surface area contributed by atoms with Gasteiger partial charge < -0.3 is 0 Å². The molecule has 1 aliphatic carbocycles. The summed E-state index contributed by atoms with van der Waals surface area (Å²) in [5, 5.41) is 0. The molecule has 1 aliphatic rings. The molecule has 0 heterocycles. The molecule has 0 saturated carbocycles. The van der Waals surface area contributed by atoms with Gasteiger partial charge in [0.05, 0.1) is 0 Å². The van der Waals surface area contributed by atoms with Gasteiger partial charge in [-0.15, -0.1) is 0 Å². The second-order valence-corrected chi connectivity index (χ2v) is 6.21. The van der Waals surface area contributed by atoms with E-state index >= 15 is 0 Å². The maximum atomic E-state index is 2.27. The number of halogens is 1. The fourth-order valence-electron chi connectivity index (χ4n) is 0.794. The molecule has 0 saturated heterocycles. The summed E-state index contributed by atoms with van der Waals surface area (Å²) in [6, 6.07) is 0. The van der Waals surface area contributed by atoms with Crippen LogP contribution in [0.5, 0.6) is 0 Å². The summed E-state index contributed by atoms with van der Waals surface area (Å²) < 4.78 is 3.72. The van der Waals surface area contributed by atoms with E-state index in [1.54, 1.807) is 0 Å². The Morgan fingerprint density at radius 2 is 1.67 bits per heavy atom. The first-order valence-electron chi connectivity index (χ1n) is 3.83. The van der Waals surface area contributed by atoms with E-state index in [1.807, 2.05) is 6.08 Å². The van der Waals surface area contributed by atoms with Crippen LogP contribution in [0, 0.1) is 0 Å². The van der Waals surface area contributed by atoms with E-state index in [2.05, 4.69) is 53.7 Å². The Morgan fingerprint density at radius 3 is 2.42 bits per heavy atom. The molecule has 12 heavy (non-hydrogen) atoms. The fraction of sp³-hybridized carbons (Fsp3) is 0.200. The van der Waals surface area contributed by atoms with Gasteiger partial charge in [0.15, 0.2) is 0 Å². The normalized spacial score (nSPS) is 16.4. The molecule has 1 nitrogen and oxygen atoms in total. The van der Waals surface area contributed by atoms with Crippen LogP contribution in [0.2, 0.25) is 0 Å². The molecular weight excluding hydrogens is 261 g/mol. The third-order valence-electron chi connectivity index (χ3n) is 1.22. The predicted octanol–water partition coefficient (Wildman–Crippen LogP) is -0.882. The van der Waals surface area contributed by atoms with E-state index in [1.165, 1.54) is 3.58 Å². The molecule has 0 unspecified atom stereocenters. The Bertz CT molecular complexity index is 247. The van der Waals surface area contributed by atoms with Gasteiger partial charge in [0.1, 0.15) is 0 Å². The molecule has 0 aromatic rings. The van der Waals surface area contributed by atoms with Crippen LogP contribution in [0.25, 0.3) is 0 Å². The number of hydrogen-bond donors (Lipinski definition) is 0. The summed E-state index contributed by atoms with van der Waals surface area (Å²) >= 11 is 0.0367. The third kappa shape index (κ3) is 3.88. The Morgan fingerprint density at radius 1 is 1.00 bits per heavy atom. The van der Waals surface area contributed by atoms with Crippen molar-refractivity contribution in [3.05, 3.63) is 46.1 Å². The molecule has 0 N–H and O–H groups in total. The molecule has 0 fully saturated rings. The van der Waals surface area contributed by atoms with Crippen molar-refractivity contribution in [1.82, 2.24) is 3.11 Å². The quantitative estimate of drug-likeness (QED) is 0.467. The molecule has 0 bridgehead atoms. The zero-order chi connectivity index (χ0) is 8.81. The van der Waals surface area contributed by atoms with Crippen molar-refractivity contribution in [3.8, 4) is 0 Å². The number of rotatable bonds is 2. The van der Waals surface area contributed by atoms with Crippen molar-refractivity contribution in [2.24, 2.45) is 0 Å². The summed E-state index contributed by atoms with van der Waals surface area (Å²) in [6.07, 6.45) is 14.7. The van der Waals surface area contributed by atoms with E-state index in [9.17, 15) is 0 Å². The van der Waals surface area contributed by atoms with E-state index in [0.29, 0.717) is 0 Å². The van der Waals surface area contributed by atoms with Crippen molar-refractivity contribution in [3.63, 3.8) is 0 Å². The van der Waals surface area contributed by atoms with Gasteiger partial charge in [0, 0.05) is 0 Å². The minimum absolute atomic E-state index is 0.0367. The van der Waals surface area contributed by atoms with Crippen molar-refractivity contribution in [2.45, 2.75) is 0 Å². The molecule has 66 valence electrons. The average Bonchev–Trinajstić information content (AvgIpc) is 1.93. The summed E-state index contributed by atoms with van der Waals surface area (Å²) in [6.45, 7) is 0. The minimum atomic E-state index is 0.0367. The van der Waals surface area contributed by atoms with Crippen LogP contribution in [0.1, 0.15) is 0 Å². The van der Waals surface area contributed by atoms with Crippen LogP contribution in [-0.2, 0) is 0 Å².